The van der Waals surface area contributed by atoms with Crippen LogP contribution in [0.4, 0.5) is 13.2 Å². The second-order valence-corrected chi connectivity index (χ2v) is 5.91. The van der Waals surface area contributed by atoms with Crippen molar-refractivity contribution in [1.82, 2.24) is 4.90 Å². The summed E-state index contributed by atoms with van der Waals surface area (Å²) in [5, 5.41) is 9.01. The van der Waals surface area contributed by atoms with Gasteiger partial charge in [0.05, 0.1) is 5.56 Å². The van der Waals surface area contributed by atoms with Gasteiger partial charge in [0.2, 0.25) is 0 Å². The van der Waals surface area contributed by atoms with Crippen molar-refractivity contribution in [1.29, 1.82) is 0 Å². The Bertz CT molecular complexity index is 605. The summed E-state index contributed by atoms with van der Waals surface area (Å²) in [6, 6.07) is 6.58. The molecular formula is C14H14F3NO3S. The van der Waals surface area contributed by atoms with Crippen molar-refractivity contribution in [3.63, 3.8) is 0 Å². The van der Waals surface area contributed by atoms with Crippen LogP contribution in [-0.2, 0) is 4.79 Å². The normalized spacial score (nSPS) is 21.9. The second-order valence-electron chi connectivity index (χ2n) is 5.06. The minimum atomic E-state index is -4.90. The number of likely N-dealkylation sites (tertiary alicyclic amines) is 1. The molecule has 120 valence electrons. The molecule has 2 rings (SSSR count). The van der Waals surface area contributed by atoms with Crippen molar-refractivity contribution >= 4 is 23.6 Å². The first kappa shape index (κ1) is 16.7. The SMILES string of the molecule is CSc1ccccc1C(=O)N1CCC(C(=O)O)(C(F)(F)F)C1. The van der Waals surface area contributed by atoms with Gasteiger partial charge in [-0.3, -0.25) is 9.59 Å². The Morgan fingerprint density at radius 1 is 1.32 bits per heavy atom. The number of amides is 1. The van der Waals surface area contributed by atoms with Crippen molar-refractivity contribution in [2.24, 2.45) is 5.41 Å². The summed E-state index contributed by atoms with van der Waals surface area (Å²) in [6.07, 6.45) is -3.76. The van der Waals surface area contributed by atoms with Gasteiger partial charge < -0.3 is 10.0 Å². The van der Waals surface area contributed by atoms with E-state index < -0.39 is 36.4 Å². The quantitative estimate of drug-likeness (QED) is 0.864. The molecule has 1 aromatic carbocycles. The highest BCUT2D eigenvalue weighted by Gasteiger charge is 2.64. The Morgan fingerprint density at radius 2 is 1.95 bits per heavy atom. The lowest BCUT2D eigenvalue weighted by Gasteiger charge is -2.27. The van der Waals surface area contributed by atoms with E-state index in [0.717, 1.165) is 4.90 Å². The highest BCUT2D eigenvalue weighted by molar-refractivity contribution is 7.98. The van der Waals surface area contributed by atoms with Gasteiger partial charge in [0, 0.05) is 18.0 Å². The molecule has 1 heterocycles. The lowest BCUT2D eigenvalue weighted by Crippen LogP contribution is -2.47. The maximum Gasteiger partial charge on any atom is 0.406 e. The molecule has 1 unspecified atom stereocenters. The molecule has 0 aliphatic carbocycles. The highest BCUT2D eigenvalue weighted by Crippen LogP contribution is 2.46. The van der Waals surface area contributed by atoms with E-state index in [1.54, 1.807) is 24.5 Å². The van der Waals surface area contributed by atoms with Crippen molar-refractivity contribution in [3.8, 4) is 0 Å². The minimum absolute atomic E-state index is 0.229. The number of carboxylic acids is 1. The lowest BCUT2D eigenvalue weighted by molar-refractivity contribution is -0.227. The summed E-state index contributed by atoms with van der Waals surface area (Å²) in [5.74, 6) is -2.51. The summed E-state index contributed by atoms with van der Waals surface area (Å²) < 4.78 is 39.4. The van der Waals surface area contributed by atoms with Gasteiger partial charge in [-0.15, -0.1) is 11.8 Å². The van der Waals surface area contributed by atoms with E-state index in [0.29, 0.717) is 10.5 Å². The number of carboxylic acid groups (broad SMARTS) is 1. The second kappa shape index (κ2) is 5.83. The fraction of sp³-hybridized carbons (Fsp3) is 0.429. The Labute approximate surface area is 129 Å². The van der Waals surface area contributed by atoms with Crippen LogP contribution < -0.4 is 0 Å². The largest absolute Gasteiger partial charge is 0.481 e. The van der Waals surface area contributed by atoms with Gasteiger partial charge in [0.1, 0.15) is 0 Å². The molecular weight excluding hydrogens is 319 g/mol. The van der Waals surface area contributed by atoms with Gasteiger partial charge >= 0.3 is 12.1 Å². The van der Waals surface area contributed by atoms with Crippen LogP contribution >= 0.6 is 11.8 Å². The number of aliphatic carboxylic acids is 1. The van der Waals surface area contributed by atoms with Crippen LogP contribution in [0.5, 0.6) is 0 Å². The number of rotatable bonds is 3. The molecule has 4 nitrogen and oxygen atoms in total. The Balaban J connectivity index is 2.29. The maximum absolute atomic E-state index is 13.1. The number of nitrogens with zero attached hydrogens (tertiary/aromatic N) is 1. The fourth-order valence-electron chi connectivity index (χ4n) is 2.50. The van der Waals surface area contributed by atoms with Crippen molar-refractivity contribution < 1.29 is 27.9 Å². The molecule has 1 N–H and O–H groups in total. The third-order valence-electron chi connectivity index (χ3n) is 3.85. The molecule has 1 saturated heterocycles. The number of alkyl halides is 3. The topological polar surface area (TPSA) is 57.6 Å². The number of benzene rings is 1. The molecule has 1 fully saturated rings. The van der Waals surface area contributed by atoms with Gasteiger partial charge in [0.15, 0.2) is 5.41 Å². The molecule has 1 aliphatic rings. The van der Waals surface area contributed by atoms with E-state index in [2.05, 4.69) is 0 Å². The monoisotopic (exact) mass is 333 g/mol. The highest BCUT2D eigenvalue weighted by atomic mass is 32.2. The molecule has 0 bridgehead atoms. The summed E-state index contributed by atoms with van der Waals surface area (Å²) in [4.78, 5) is 25.2. The Hall–Kier alpha value is -1.70. The van der Waals surface area contributed by atoms with Gasteiger partial charge in [-0.25, -0.2) is 0 Å². The number of hydrogen-bond acceptors (Lipinski definition) is 3. The molecule has 1 aromatic rings. The molecule has 0 radical (unpaired) electrons. The Morgan fingerprint density at radius 3 is 2.45 bits per heavy atom. The van der Waals surface area contributed by atoms with E-state index in [9.17, 15) is 22.8 Å². The summed E-state index contributed by atoms with van der Waals surface area (Å²) >= 11 is 1.31. The van der Waals surface area contributed by atoms with Crippen LogP contribution in [0.15, 0.2) is 29.2 Å². The van der Waals surface area contributed by atoms with Crippen LogP contribution in [0.25, 0.3) is 0 Å². The first-order chi connectivity index (χ1) is 10.2. The molecule has 8 heteroatoms. The summed E-state index contributed by atoms with van der Waals surface area (Å²) in [5.41, 5.74) is -2.59. The number of thioether (sulfide) groups is 1. The predicted molar refractivity (Wildman–Crippen MR) is 74.9 cm³/mol. The van der Waals surface area contributed by atoms with E-state index in [4.69, 9.17) is 5.11 Å². The number of hydrogen-bond donors (Lipinski definition) is 1. The van der Waals surface area contributed by atoms with Crippen molar-refractivity contribution in [3.05, 3.63) is 29.8 Å². The van der Waals surface area contributed by atoms with Crippen LogP contribution in [0.3, 0.4) is 0 Å². The first-order valence-corrected chi connectivity index (χ1v) is 7.68. The van der Waals surface area contributed by atoms with Gasteiger partial charge in [-0.1, -0.05) is 12.1 Å². The smallest absolute Gasteiger partial charge is 0.406 e. The number of halogens is 3. The van der Waals surface area contributed by atoms with Gasteiger partial charge in [-0.05, 0) is 24.8 Å². The minimum Gasteiger partial charge on any atom is -0.481 e. The molecule has 1 amide bonds. The molecule has 22 heavy (non-hydrogen) atoms. The standard InChI is InChI=1S/C14H14F3NO3S/c1-22-10-5-3-2-4-9(10)11(19)18-7-6-13(8-18,12(20)21)14(15,16)17/h2-5H,6-8H2,1H3,(H,20,21). The molecule has 0 saturated carbocycles. The lowest BCUT2D eigenvalue weighted by atomic mass is 9.86. The molecule has 1 atom stereocenters. The van der Waals surface area contributed by atoms with Crippen LogP contribution in [0, 0.1) is 5.41 Å². The molecule has 0 spiro atoms. The first-order valence-electron chi connectivity index (χ1n) is 6.45. The van der Waals surface area contributed by atoms with Gasteiger partial charge in [-0.2, -0.15) is 13.2 Å². The van der Waals surface area contributed by atoms with E-state index in [1.807, 2.05) is 0 Å². The van der Waals surface area contributed by atoms with Crippen LogP contribution in [0.2, 0.25) is 0 Å². The average Bonchev–Trinajstić information content (AvgIpc) is 2.92. The molecule has 0 aromatic heterocycles. The zero-order chi connectivity index (χ0) is 16.5. The predicted octanol–water partition coefficient (Wildman–Crippen LogP) is 2.89. The summed E-state index contributed by atoms with van der Waals surface area (Å²) in [7, 11) is 0. The van der Waals surface area contributed by atoms with Crippen LogP contribution in [-0.4, -0.2) is 47.4 Å². The number of carbonyl (C=O) groups is 2. The van der Waals surface area contributed by atoms with Crippen molar-refractivity contribution in [2.75, 3.05) is 19.3 Å². The van der Waals surface area contributed by atoms with Crippen molar-refractivity contribution in [2.45, 2.75) is 17.5 Å². The van der Waals surface area contributed by atoms with E-state index in [1.165, 1.54) is 17.8 Å². The van der Waals surface area contributed by atoms with E-state index >= 15 is 0 Å². The van der Waals surface area contributed by atoms with E-state index in [-0.39, 0.29) is 6.54 Å². The maximum atomic E-state index is 13.1. The zero-order valence-electron chi connectivity index (χ0n) is 11.7. The van der Waals surface area contributed by atoms with Gasteiger partial charge in [0.25, 0.3) is 5.91 Å². The number of carbonyl (C=O) groups excluding carboxylic acids is 1. The van der Waals surface area contributed by atoms with Crippen LogP contribution in [0.1, 0.15) is 16.8 Å². The Kier molecular flexibility index (Phi) is 4.42. The summed E-state index contributed by atoms with van der Waals surface area (Å²) in [6.45, 7) is -1.08. The third kappa shape index (κ3) is 2.67. The average molecular weight is 333 g/mol. The molecule has 1 aliphatic heterocycles. The fourth-order valence-corrected chi connectivity index (χ4v) is 3.09. The third-order valence-corrected chi connectivity index (χ3v) is 4.64. The zero-order valence-corrected chi connectivity index (χ0v) is 12.5.